The maximum Gasteiger partial charge on any atom is 0.446 e. The molecule has 6 aromatic rings. The number of hydrogen-bond acceptors (Lipinski definition) is 8. The lowest BCUT2D eigenvalue weighted by atomic mass is 10.1. The Bertz CT molecular complexity index is 1930. The summed E-state index contributed by atoms with van der Waals surface area (Å²) in [5.41, 5.74) is 6.02. The predicted molar refractivity (Wildman–Crippen MR) is 175 cm³/mol. The van der Waals surface area contributed by atoms with Crippen LogP contribution in [0.15, 0.2) is 73.8 Å². The lowest BCUT2D eigenvalue weighted by Crippen LogP contribution is -2.07. The fourth-order valence-corrected chi connectivity index (χ4v) is 4.31. The summed E-state index contributed by atoms with van der Waals surface area (Å²) >= 11 is 0. The Morgan fingerprint density at radius 2 is 1.08 bits per heavy atom. The largest absolute Gasteiger partial charge is 0.446 e. The number of nitrogens with one attached hydrogen (secondary N) is 2. The number of aromatic nitrogens is 8. The molecule has 0 saturated carbocycles. The van der Waals surface area contributed by atoms with Crippen molar-refractivity contribution >= 4 is 34.6 Å². The van der Waals surface area contributed by atoms with Crippen molar-refractivity contribution in [2.45, 2.75) is 58.6 Å². The van der Waals surface area contributed by atoms with Gasteiger partial charge in [-0.1, -0.05) is 7.43 Å². The summed E-state index contributed by atoms with van der Waals surface area (Å²) in [7, 11) is 0. The van der Waals surface area contributed by atoms with Gasteiger partial charge < -0.3 is 9.97 Å². The molecule has 268 valence electrons. The van der Waals surface area contributed by atoms with Gasteiger partial charge in [0.1, 0.15) is 11.3 Å². The van der Waals surface area contributed by atoms with Crippen LogP contribution < -0.4 is 0 Å². The Labute approximate surface area is 287 Å². The van der Waals surface area contributed by atoms with Gasteiger partial charge in [-0.15, -0.1) is 0 Å². The highest BCUT2D eigenvalue weighted by Gasteiger charge is 2.25. The summed E-state index contributed by atoms with van der Waals surface area (Å²) in [6, 6.07) is 12.5. The molecule has 6 heterocycles. The Morgan fingerprint density at radius 1 is 0.725 bits per heavy atom. The Hall–Kier alpha value is -6.30. The van der Waals surface area contributed by atoms with E-state index in [0.29, 0.717) is 12.8 Å². The highest BCUT2D eigenvalue weighted by Crippen LogP contribution is 2.28. The van der Waals surface area contributed by atoms with E-state index in [-0.39, 0.29) is 19.5 Å². The van der Waals surface area contributed by atoms with Gasteiger partial charge in [0.25, 0.3) is 0 Å². The van der Waals surface area contributed by atoms with Crippen molar-refractivity contribution in [3.05, 3.63) is 73.8 Å². The molecule has 0 bridgehead atoms. The number of hydrogen-bond donors (Lipinski definition) is 2. The Kier molecular flexibility index (Phi) is 14.8. The van der Waals surface area contributed by atoms with E-state index in [0.717, 1.165) is 44.3 Å². The molecule has 2 atom stereocenters. The van der Waals surface area contributed by atoms with E-state index in [4.69, 9.17) is 20.1 Å². The SMILES string of the molecule is C.C[C@@H](CC#N)n1cc(-c2ccnc3[nH]ccc23)cn1.C[C@H](CC#N)n1cc(-c2ccnc3[nH]ccc23)cn1.O=CC(F)(F)F.O=CC(F)(F)F. The molecule has 51 heavy (non-hydrogen) atoms. The van der Waals surface area contributed by atoms with Crippen LogP contribution in [0.5, 0.6) is 0 Å². The first-order valence-electron chi connectivity index (χ1n) is 14.4. The number of rotatable bonds is 6. The van der Waals surface area contributed by atoms with Crippen molar-refractivity contribution in [3.63, 3.8) is 0 Å². The topological polar surface area (TPSA) is 175 Å². The first-order valence-corrected chi connectivity index (χ1v) is 14.4. The second kappa shape index (κ2) is 18.5. The molecular formula is C33H32F6N10O2. The number of pyridine rings is 2. The van der Waals surface area contributed by atoms with Crippen molar-refractivity contribution < 1.29 is 35.9 Å². The first kappa shape index (κ1) is 40.9. The zero-order valence-corrected chi connectivity index (χ0v) is 26.3. The Morgan fingerprint density at radius 3 is 1.39 bits per heavy atom. The van der Waals surface area contributed by atoms with E-state index in [2.05, 4.69) is 42.3 Å². The van der Waals surface area contributed by atoms with Crippen LogP contribution in [0.2, 0.25) is 0 Å². The van der Waals surface area contributed by atoms with Crippen LogP contribution in [0.3, 0.4) is 0 Å². The second-order valence-corrected chi connectivity index (χ2v) is 10.4. The van der Waals surface area contributed by atoms with Gasteiger partial charge in [-0.3, -0.25) is 19.0 Å². The quantitative estimate of drug-likeness (QED) is 0.129. The predicted octanol–water partition coefficient (Wildman–Crippen LogP) is 7.93. The average molecular weight is 715 g/mol. The second-order valence-electron chi connectivity index (χ2n) is 10.4. The number of nitrogens with zero attached hydrogens (tertiary/aromatic N) is 8. The van der Waals surface area contributed by atoms with Gasteiger partial charge >= 0.3 is 12.4 Å². The molecule has 6 aromatic heterocycles. The average Bonchev–Trinajstić information content (AvgIpc) is 3.91. The van der Waals surface area contributed by atoms with E-state index in [1.807, 2.05) is 84.7 Å². The van der Waals surface area contributed by atoms with Gasteiger partial charge in [0, 0.05) is 59.1 Å². The fraction of sp³-hybridized carbons (Fsp3) is 0.273. The number of carbonyl (C=O) groups is 2. The minimum atomic E-state index is -4.64. The number of halogens is 6. The van der Waals surface area contributed by atoms with E-state index in [9.17, 15) is 26.3 Å². The molecule has 0 aromatic carbocycles. The van der Waals surface area contributed by atoms with Gasteiger partial charge in [0.2, 0.25) is 12.6 Å². The van der Waals surface area contributed by atoms with E-state index < -0.39 is 24.9 Å². The maximum absolute atomic E-state index is 10.4. The molecule has 0 saturated heterocycles. The van der Waals surface area contributed by atoms with Gasteiger partial charge in [0.05, 0.1) is 49.5 Å². The van der Waals surface area contributed by atoms with Crippen molar-refractivity contribution in [3.8, 4) is 34.4 Å². The van der Waals surface area contributed by atoms with E-state index in [1.54, 1.807) is 12.4 Å². The van der Waals surface area contributed by atoms with Crippen molar-refractivity contribution in [1.82, 2.24) is 39.5 Å². The summed E-state index contributed by atoms with van der Waals surface area (Å²) in [6.45, 7) is 3.97. The third-order valence-corrected chi connectivity index (χ3v) is 6.69. The highest BCUT2D eigenvalue weighted by atomic mass is 19.4. The molecule has 0 aliphatic rings. The number of aromatic amines is 2. The van der Waals surface area contributed by atoms with E-state index >= 15 is 0 Å². The molecule has 0 unspecified atom stereocenters. The van der Waals surface area contributed by atoms with Crippen LogP contribution in [-0.2, 0) is 9.59 Å². The van der Waals surface area contributed by atoms with Crippen molar-refractivity contribution in [2.24, 2.45) is 0 Å². The fourth-order valence-electron chi connectivity index (χ4n) is 4.31. The summed E-state index contributed by atoms with van der Waals surface area (Å²) in [5, 5.41) is 28.3. The molecule has 0 amide bonds. The smallest absolute Gasteiger partial charge is 0.346 e. The zero-order valence-electron chi connectivity index (χ0n) is 26.3. The van der Waals surface area contributed by atoms with Gasteiger partial charge in [-0.25, -0.2) is 9.97 Å². The van der Waals surface area contributed by atoms with Gasteiger partial charge in [0.15, 0.2) is 0 Å². The molecule has 18 heteroatoms. The highest BCUT2D eigenvalue weighted by molar-refractivity contribution is 5.93. The summed E-state index contributed by atoms with van der Waals surface area (Å²) in [6.07, 6.45) is 4.44. The molecular weight excluding hydrogens is 682 g/mol. The molecule has 2 N–H and O–H groups in total. The number of carbonyl (C=O) groups excluding carboxylic acids is 2. The summed E-state index contributed by atoms with van der Waals surface area (Å²) in [4.78, 5) is 32.1. The first-order chi connectivity index (χ1) is 23.7. The summed E-state index contributed by atoms with van der Waals surface area (Å²) < 4.78 is 66.2. The molecule has 6 rings (SSSR count). The van der Waals surface area contributed by atoms with Crippen LogP contribution in [-0.4, -0.2) is 64.4 Å². The van der Waals surface area contributed by atoms with Crippen LogP contribution >= 0.6 is 0 Å². The molecule has 0 spiro atoms. The lowest BCUT2D eigenvalue weighted by Gasteiger charge is -2.06. The molecule has 0 aliphatic carbocycles. The molecule has 0 fully saturated rings. The van der Waals surface area contributed by atoms with Crippen LogP contribution in [0.4, 0.5) is 26.3 Å². The van der Waals surface area contributed by atoms with E-state index in [1.165, 1.54) is 0 Å². The lowest BCUT2D eigenvalue weighted by molar-refractivity contribution is -0.156. The molecule has 12 nitrogen and oxygen atoms in total. The zero-order chi connectivity index (χ0) is 36.9. The number of H-pyrrole nitrogens is 2. The van der Waals surface area contributed by atoms with Crippen LogP contribution in [0.25, 0.3) is 44.3 Å². The van der Waals surface area contributed by atoms with Crippen molar-refractivity contribution in [1.29, 1.82) is 10.5 Å². The maximum atomic E-state index is 10.4. The van der Waals surface area contributed by atoms with Crippen LogP contribution in [0.1, 0.15) is 46.2 Å². The molecule has 0 aliphatic heterocycles. The molecule has 0 radical (unpaired) electrons. The minimum Gasteiger partial charge on any atom is -0.346 e. The van der Waals surface area contributed by atoms with Gasteiger partial charge in [-0.05, 0) is 49.2 Å². The Balaban J connectivity index is 0.000000266. The third-order valence-electron chi connectivity index (χ3n) is 6.69. The minimum absolute atomic E-state index is 0. The van der Waals surface area contributed by atoms with Crippen molar-refractivity contribution in [2.75, 3.05) is 0 Å². The van der Waals surface area contributed by atoms with Crippen LogP contribution in [0, 0.1) is 22.7 Å². The number of fused-ring (bicyclic) bond motifs is 2. The monoisotopic (exact) mass is 714 g/mol. The number of nitriles is 2. The van der Waals surface area contributed by atoms with Gasteiger partial charge in [-0.2, -0.15) is 47.1 Å². The normalized spacial score (nSPS) is 11.9. The third kappa shape index (κ3) is 12.0. The summed E-state index contributed by atoms with van der Waals surface area (Å²) in [5.74, 6) is 0. The number of aldehydes is 2. The number of alkyl halides is 6. The standard InChI is InChI=1S/2C14H13N5.2C2HF3O.CH4/c2*1-10(2-5-15)19-9-11(8-18-19)12-3-6-16-14-13(12)4-7-17-14;2*3-2(4,5)1-6;/h2*3-4,6-10H,2H2,1H3,(H,16,17);2*1H;1H4/t2*10-;;;/m10.../s1.